The monoisotopic (exact) mass is 291 g/mol. The first-order valence-electron chi connectivity index (χ1n) is 8.33. The van der Waals surface area contributed by atoms with Crippen LogP contribution >= 0.6 is 0 Å². The quantitative estimate of drug-likeness (QED) is 0.311. The Balaban J connectivity index is 2.11. The molecule has 0 aliphatic heterocycles. The van der Waals surface area contributed by atoms with Crippen molar-refractivity contribution in [1.29, 1.82) is 0 Å². The van der Waals surface area contributed by atoms with Gasteiger partial charge in [0.15, 0.2) is 12.1 Å². The van der Waals surface area contributed by atoms with Crippen LogP contribution in [0.3, 0.4) is 0 Å². The summed E-state index contributed by atoms with van der Waals surface area (Å²) in [4.78, 5) is 22.8. The Labute approximate surface area is 128 Å². The van der Waals surface area contributed by atoms with Gasteiger partial charge in [0.05, 0.1) is 5.69 Å². The second-order valence-corrected chi connectivity index (χ2v) is 5.89. The minimum atomic E-state index is 0.147. The first kappa shape index (κ1) is 17.7. The Hall–Kier alpha value is -1.38. The highest BCUT2D eigenvalue weighted by Crippen LogP contribution is 2.13. The molecule has 118 valence electrons. The summed E-state index contributed by atoms with van der Waals surface area (Å²) in [5.74, 6) is 0.147. The molecular formula is C18H29NO2. The van der Waals surface area contributed by atoms with Gasteiger partial charge in [0.1, 0.15) is 0 Å². The molecule has 0 saturated carbocycles. The predicted molar refractivity (Wildman–Crippen MR) is 87.0 cm³/mol. The number of aldehydes is 1. The molecule has 0 amide bonds. The number of hydrogen-bond donors (Lipinski definition) is 0. The zero-order valence-corrected chi connectivity index (χ0v) is 13.6. The van der Waals surface area contributed by atoms with Gasteiger partial charge in [0.2, 0.25) is 0 Å². The van der Waals surface area contributed by atoms with Crippen molar-refractivity contribution < 1.29 is 9.59 Å². The van der Waals surface area contributed by atoms with E-state index in [0.29, 0.717) is 17.7 Å². The average Bonchev–Trinajstić information content (AvgIpc) is 2.86. The predicted octanol–water partition coefficient (Wildman–Crippen LogP) is 4.94. The molecule has 1 aromatic rings. The van der Waals surface area contributed by atoms with Crippen LogP contribution in [-0.2, 0) is 7.05 Å². The van der Waals surface area contributed by atoms with Gasteiger partial charge in [-0.2, -0.15) is 0 Å². The van der Waals surface area contributed by atoms with Gasteiger partial charge in [-0.05, 0) is 12.5 Å². The Morgan fingerprint density at radius 1 is 1.05 bits per heavy atom. The van der Waals surface area contributed by atoms with Crippen LogP contribution in [0.1, 0.15) is 92.0 Å². The third-order valence-electron chi connectivity index (χ3n) is 3.96. The Morgan fingerprint density at radius 2 is 1.62 bits per heavy atom. The molecule has 0 aromatic carbocycles. The first-order chi connectivity index (χ1) is 10.2. The summed E-state index contributed by atoms with van der Waals surface area (Å²) in [6.07, 6.45) is 14.4. The number of Topliss-reactive ketones (excluding diaryl/α,β-unsaturated/α-hetero) is 1. The minimum absolute atomic E-state index is 0.147. The van der Waals surface area contributed by atoms with Crippen molar-refractivity contribution in [2.24, 2.45) is 7.05 Å². The van der Waals surface area contributed by atoms with E-state index in [1.54, 1.807) is 16.8 Å². The van der Waals surface area contributed by atoms with Crippen LogP contribution in [0.2, 0.25) is 0 Å². The van der Waals surface area contributed by atoms with Gasteiger partial charge in [-0.1, -0.05) is 58.3 Å². The highest BCUT2D eigenvalue weighted by molar-refractivity contribution is 5.96. The molecule has 3 nitrogen and oxygen atoms in total. The largest absolute Gasteiger partial charge is 0.347 e. The van der Waals surface area contributed by atoms with Gasteiger partial charge in [0, 0.05) is 25.2 Å². The zero-order chi connectivity index (χ0) is 15.5. The Bertz CT molecular complexity index is 434. The van der Waals surface area contributed by atoms with E-state index in [1.807, 2.05) is 7.05 Å². The lowest BCUT2D eigenvalue weighted by atomic mass is 10.0. The summed E-state index contributed by atoms with van der Waals surface area (Å²) in [6.45, 7) is 2.24. The van der Waals surface area contributed by atoms with E-state index in [4.69, 9.17) is 0 Å². The minimum Gasteiger partial charge on any atom is -0.347 e. The zero-order valence-electron chi connectivity index (χ0n) is 13.6. The molecule has 21 heavy (non-hydrogen) atoms. The van der Waals surface area contributed by atoms with Crippen molar-refractivity contribution in [2.75, 3.05) is 0 Å². The fraction of sp³-hybridized carbons (Fsp3) is 0.667. The maximum Gasteiger partial charge on any atom is 0.179 e. The number of carbonyl (C=O) groups excluding carboxylic acids is 2. The molecule has 1 rings (SSSR count). The van der Waals surface area contributed by atoms with Crippen molar-refractivity contribution in [1.82, 2.24) is 4.57 Å². The van der Waals surface area contributed by atoms with Gasteiger partial charge < -0.3 is 4.57 Å². The number of rotatable bonds is 12. The number of carbonyl (C=O) groups is 2. The highest BCUT2D eigenvalue weighted by atomic mass is 16.1. The van der Waals surface area contributed by atoms with Crippen LogP contribution in [0.4, 0.5) is 0 Å². The third-order valence-corrected chi connectivity index (χ3v) is 3.96. The Morgan fingerprint density at radius 3 is 2.14 bits per heavy atom. The van der Waals surface area contributed by atoms with Crippen molar-refractivity contribution >= 4 is 12.1 Å². The number of aryl methyl sites for hydroxylation is 1. The van der Waals surface area contributed by atoms with Crippen molar-refractivity contribution in [3.8, 4) is 0 Å². The summed E-state index contributed by atoms with van der Waals surface area (Å²) in [5, 5.41) is 0. The van der Waals surface area contributed by atoms with Crippen LogP contribution in [0.5, 0.6) is 0 Å². The van der Waals surface area contributed by atoms with Crippen LogP contribution in [0.15, 0.2) is 12.3 Å². The van der Waals surface area contributed by atoms with Crippen LogP contribution in [-0.4, -0.2) is 16.6 Å². The molecule has 0 spiro atoms. The fourth-order valence-electron chi connectivity index (χ4n) is 2.66. The smallest absolute Gasteiger partial charge is 0.179 e. The molecule has 0 unspecified atom stereocenters. The van der Waals surface area contributed by atoms with Gasteiger partial charge in [-0.3, -0.25) is 9.59 Å². The average molecular weight is 291 g/mol. The molecule has 0 fully saturated rings. The summed E-state index contributed by atoms with van der Waals surface area (Å²) >= 11 is 0. The normalized spacial score (nSPS) is 10.8. The molecule has 1 heterocycles. The lowest BCUT2D eigenvalue weighted by Gasteiger charge is -2.03. The molecule has 0 aliphatic carbocycles. The SMILES string of the molecule is CCCCCCCCCCCC(=O)c1cc(C=O)cn1C. The maximum absolute atomic E-state index is 12.1. The number of nitrogens with zero attached hydrogens (tertiary/aromatic N) is 1. The molecule has 1 aromatic heterocycles. The standard InChI is InChI=1S/C18H29NO2/c1-3-4-5-6-7-8-9-10-11-12-18(21)17-13-16(15-20)14-19(17)2/h13-15H,3-12H2,1-2H3. The molecule has 0 aliphatic rings. The summed E-state index contributed by atoms with van der Waals surface area (Å²) in [7, 11) is 1.82. The van der Waals surface area contributed by atoms with E-state index in [2.05, 4.69) is 6.92 Å². The van der Waals surface area contributed by atoms with Crippen molar-refractivity contribution in [3.63, 3.8) is 0 Å². The van der Waals surface area contributed by atoms with Crippen LogP contribution < -0.4 is 0 Å². The second kappa shape index (κ2) is 10.4. The van der Waals surface area contributed by atoms with Gasteiger partial charge >= 0.3 is 0 Å². The van der Waals surface area contributed by atoms with Crippen LogP contribution in [0, 0.1) is 0 Å². The molecule has 3 heteroatoms. The molecular weight excluding hydrogens is 262 g/mol. The number of hydrogen-bond acceptors (Lipinski definition) is 2. The van der Waals surface area contributed by atoms with Gasteiger partial charge in [-0.25, -0.2) is 0 Å². The van der Waals surface area contributed by atoms with Gasteiger partial charge in [0.25, 0.3) is 0 Å². The molecule has 0 bridgehead atoms. The van der Waals surface area contributed by atoms with Crippen molar-refractivity contribution in [3.05, 3.63) is 23.5 Å². The van der Waals surface area contributed by atoms with E-state index < -0.39 is 0 Å². The highest BCUT2D eigenvalue weighted by Gasteiger charge is 2.11. The summed E-state index contributed by atoms with van der Waals surface area (Å²) in [6, 6.07) is 1.68. The Kier molecular flexibility index (Phi) is 8.72. The molecule has 0 saturated heterocycles. The third kappa shape index (κ3) is 6.74. The number of ketones is 1. The van der Waals surface area contributed by atoms with E-state index in [-0.39, 0.29) is 5.78 Å². The van der Waals surface area contributed by atoms with E-state index in [0.717, 1.165) is 19.1 Å². The lowest BCUT2D eigenvalue weighted by Crippen LogP contribution is -2.04. The first-order valence-corrected chi connectivity index (χ1v) is 8.33. The van der Waals surface area contributed by atoms with Crippen molar-refractivity contribution in [2.45, 2.75) is 71.1 Å². The van der Waals surface area contributed by atoms with Crippen LogP contribution in [0.25, 0.3) is 0 Å². The second-order valence-electron chi connectivity index (χ2n) is 5.89. The maximum atomic E-state index is 12.1. The van der Waals surface area contributed by atoms with E-state index >= 15 is 0 Å². The topological polar surface area (TPSA) is 39.1 Å². The summed E-state index contributed by atoms with van der Waals surface area (Å²) in [5.41, 5.74) is 1.23. The number of aromatic nitrogens is 1. The number of unbranched alkanes of at least 4 members (excludes halogenated alkanes) is 8. The van der Waals surface area contributed by atoms with E-state index in [1.165, 1.54) is 44.9 Å². The lowest BCUT2D eigenvalue weighted by molar-refractivity contribution is 0.0971. The molecule has 0 radical (unpaired) electrons. The van der Waals surface area contributed by atoms with E-state index in [9.17, 15) is 9.59 Å². The summed E-state index contributed by atoms with van der Waals surface area (Å²) < 4.78 is 1.75. The fourth-order valence-corrected chi connectivity index (χ4v) is 2.66. The molecule has 0 atom stereocenters. The molecule has 0 N–H and O–H groups in total. The van der Waals surface area contributed by atoms with Gasteiger partial charge in [-0.15, -0.1) is 0 Å².